The first-order valence-corrected chi connectivity index (χ1v) is 5.77. The summed E-state index contributed by atoms with van der Waals surface area (Å²) in [7, 11) is 1.60. The molecule has 0 aromatic heterocycles. The average Bonchev–Trinajstić information content (AvgIpc) is 3.12. The van der Waals surface area contributed by atoms with Crippen molar-refractivity contribution in [3.63, 3.8) is 0 Å². The molecule has 0 aliphatic heterocycles. The lowest BCUT2D eigenvalue weighted by Crippen LogP contribution is -2.30. The molecular weight excluding hydrogens is 216 g/mol. The van der Waals surface area contributed by atoms with Gasteiger partial charge in [-0.2, -0.15) is 0 Å². The summed E-state index contributed by atoms with van der Waals surface area (Å²) in [6, 6.07) is 5.70. The summed E-state index contributed by atoms with van der Waals surface area (Å²) in [5, 5.41) is 2.90. The van der Waals surface area contributed by atoms with Crippen LogP contribution in [0.3, 0.4) is 0 Å². The van der Waals surface area contributed by atoms with Crippen LogP contribution in [0.1, 0.15) is 18.4 Å². The minimum Gasteiger partial charge on any atom is -0.495 e. The van der Waals surface area contributed by atoms with E-state index in [0.29, 0.717) is 18.0 Å². The van der Waals surface area contributed by atoms with Crippen molar-refractivity contribution in [1.82, 2.24) is 0 Å². The molecule has 1 amide bonds. The van der Waals surface area contributed by atoms with Crippen LogP contribution in [-0.2, 0) is 4.79 Å². The number of ether oxygens (including phenoxy) is 1. The molecule has 0 radical (unpaired) electrons. The third-order valence-electron chi connectivity index (χ3n) is 3.33. The van der Waals surface area contributed by atoms with E-state index in [9.17, 15) is 4.79 Å². The van der Waals surface area contributed by atoms with Gasteiger partial charge in [0.15, 0.2) is 0 Å². The monoisotopic (exact) mass is 234 g/mol. The number of anilines is 1. The van der Waals surface area contributed by atoms with Crippen LogP contribution in [0.4, 0.5) is 5.69 Å². The number of hydrogen-bond donors (Lipinski definition) is 2. The molecule has 1 aromatic carbocycles. The Morgan fingerprint density at radius 2 is 2.24 bits per heavy atom. The fourth-order valence-electron chi connectivity index (χ4n) is 1.83. The fraction of sp³-hybridized carbons (Fsp3) is 0.462. The predicted molar refractivity (Wildman–Crippen MR) is 67.1 cm³/mol. The van der Waals surface area contributed by atoms with Crippen molar-refractivity contribution < 1.29 is 9.53 Å². The number of hydrogen-bond acceptors (Lipinski definition) is 3. The SMILES string of the molecule is COc1cc(C)ccc1NC(=O)C1(CN)CC1. The van der Waals surface area contributed by atoms with E-state index in [1.165, 1.54) is 0 Å². The lowest BCUT2D eigenvalue weighted by molar-refractivity contribution is -0.120. The van der Waals surface area contributed by atoms with Gasteiger partial charge in [-0.25, -0.2) is 0 Å². The van der Waals surface area contributed by atoms with Gasteiger partial charge in [0.2, 0.25) is 5.91 Å². The Morgan fingerprint density at radius 1 is 1.53 bits per heavy atom. The molecule has 1 aromatic rings. The molecule has 0 bridgehead atoms. The largest absolute Gasteiger partial charge is 0.495 e. The number of carbonyl (C=O) groups excluding carboxylic acids is 1. The van der Waals surface area contributed by atoms with Crippen LogP contribution in [0.2, 0.25) is 0 Å². The number of benzene rings is 1. The van der Waals surface area contributed by atoms with Crippen molar-refractivity contribution in [2.45, 2.75) is 19.8 Å². The molecule has 1 fully saturated rings. The van der Waals surface area contributed by atoms with Crippen LogP contribution in [0, 0.1) is 12.3 Å². The van der Waals surface area contributed by atoms with E-state index in [1.54, 1.807) is 7.11 Å². The Bertz CT molecular complexity index is 439. The summed E-state index contributed by atoms with van der Waals surface area (Å²) in [6.07, 6.45) is 1.76. The molecule has 17 heavy (non-hydrogen) atoms. The highest BCUT2D eigenvalue weighted by molar-refractivity contribution is 5.98. The Balaban J connectivity index is 2.16. The second kappa shape index (κ2) is 4.37. The van der Waals surface area contributed by atoms with E-state index in [0.717, 1.165) is 18.4 Å². The quantitative estimate of drug-likeness (QED) is 0.833. The first-order chi connectivity index (χ1) is 8.11. The summed E-state index contributed by atoms with van der Waals surface area (Å²) in [6.45, 7) is 2.39. The highest BCUT2D eigenvalue weighted by atomic mass is 16.5. The van der Waals surface area contributed by atoms with Gasteiger partial charge in [0.25, 0.3) is 0 Å². The summed E-state index contributed by atoms with van der Waals surface area (Å²) >= 11 is 0. The maximum Gasteiger partial charge on any atom is 0.231 e. The molecular formula is C13H18N2O2. The minimum atomic E-state index is -0.337. The summed E-state index contributed by atoms with van der Waals surface area (Å²) in [5.41, 5.74) is 7.10. The molecule has 1 aliphatic carbocycles. The van der Waals surface area contributed by atoms with Crippen molar-refractivity contribution in [2.75, 3.05) is 19.0 Å². The summed E-state index contributed by atoms with van der Waals surface area (Å²) in [4.78, 5) is 12.0. The zero-order valence-electron chi connectivity index (χ0n) is 10.2. The molecule has 0 unspecified atom stereocenters. The smallest absolute Gasteiger partial charge is 0.231 e. The predicted octanol–water partition coefficient (Wildman–Crippen LogP) is 1.68. The van der Waals surface area contributed by atoms with Gasteiger partial charge in [0, 0.05) is 6.54 Å². The number of methoxy groups -OCH3 is 1. The van der Waals surface area contributed by atoms with Gasteiger partial charge in [-0.1, -0.05) is 6.07 Å². The van der Waals surface area contributed by atoms with Crippen molar-refractivity contribution in [2.24, 2.45) is 11.1 Å². The van der Waals surface area contributed by atoms with E-state index >= 15 is 0 Å². The molecule has 2 rings (SSSR count). The van der Waals surface area contributed by atoms with Crippen LogP contribution < -0.4 is 15.8 Å². The Morgan fingerprint density at radius 3 is 2.76 bits per heavy atom. The van der Waals surface area contributed by atoms with Gasteiger partial charge in [0.05, 0.1) is 18.2 Å². The lowest BCUT2D eigenvalue weighted by atomic mass is 10.1. The lowest BCUT2D eigenvalue weighted by Gasteiger charge is -2.15. The van der Waals surface area contributed by atoms with E-state index in [1.807, 2.05) is 25.1 Å². The first kappa shape index (κ1) is 11.9. The second-order valence-electron chi connectivity index (χ2n) is 4.64. The van der Waals surface area contributed by atoms with Crippen LogP contribution in [0.5, 0.6) is 5.75 Å². The van der Waals surface area contributed by atoms with Gasteiger partial charge in [-0.05, 0) is 37.5 Å². The third kappa shape index (κ3) is 2.26. The topological polar surface area (TPSA) is 64.3 Å². The van der Waals surface area contributed by atoms with Crippen molar-refractivity contribution in [3.05, 3.63) is 23.8 Å². The van der Waals surface area contributed by atoms with E-state index < -0.39 is 0 Å². The zero-order chi connectivity index (χ0) is 12.5. The highest BCUT2D eigenvalue weighted by Crippen LogP contribution is 2.45. The molecule has 1 aliphatic rings. The van der Waals surface area contributed by atoms with Gasteiger partial charge in [-0.3, -0.25) is 4.79 Å². The van der Waals surface area contributed by atoms with Crippen molar-refractivity contribution in [1.29, 1.82) is 0 Å². The third-order valence-corrected chi connectivity index (χ3v) is 3.33. The summed E-state index contributed by atoms with van der Waals surface area (Å²) in [5.74, 6) is 0.688. The van der Waals surface area contributed by atoms with E-state index in [2.05, 4.69) is 5.32 Å². The highest BCUT2D eigenvalue weighted by Gasteiger charge is 2.48. The number of amides is 1. The molecule has 0 heterocycles. The van der Waals surface area contributed by atoms with Gasteiger partial charge in [0.1, 0.15) is 5.75 Å². The molecule has 0 atom stereocenters. The van der Waals surface area contributed by atoms with Crippen LogP contribution in [0.25, 0.3) is 0 Å². The zero-order valence-corrected chi connectivity index (χ0v) is 10.2. The van der Waals surface area contributed by atoms with Crippen molar-refractivity contribution >= 4 is 11.6 Å². The Kier molecular flexibility index (Phi) is 3.07. The molecule has 4 heteroatoms. The van der Waals surface area contributed by atoms with Crippen LogP contribution >= 0.6 is 0 Å². The summed E-state index contributed by atoms with van der Waals surface area (Å²) < 4.78 is 5.25. The molecule has 0 spiro atoms. The van der Waals surface area contributed by atoms with Gasteiger partial charge >= 0.3 is 0 Å². The molecule has 4 nitrogen and oxygen atoms in total. The Hall–Kier alpha value is -1.55. The molecule has 1 saturated carbocycles. The van der Waals surface area contributed by atoms with Crippen LogP contribution in [0.15, 0.2) is 18.2 Å². The van der Waals surface area contributed by atoms with Crippen molar-refractivity contribution in [3.8, 4) is 5.75 Å². The maximum absolute atomic E-state index is 12.0. The maximum atomic E-state index is 12.0. The number of aryl methyl sites for hydroxylation is 1. The standard InChI is InChI=1S/C13H18N2O2/c1-9-3-4-10(11(7-9)17-2)15-12(16)13(8-14)5-6-13/h3-4,7H,5-6,8,14H2,1-2H3,(H,15,16). The second-order valence-corrected chi connectivity index (χ2v) is 4.64. The number of nitrogens with two attached hydrogens (primary N) is 1. The minimum absolute atomic E-state index is 0.00199. The fourth-order valence-corrected chi connectivity index (χ4v) is 1.83. The molecule has 3 N–H and O–H groups in total. The first-order valence-electron chi connectivity index (χ1n) is 5.77. The van der Waals surface area contributed by atoms with Gasteiger partial charge in [-0.15, -0.1) is 0 Å². The number of carbonyl (C=O) groups is 1. The number of nitrogens with one attached hydrogen (secondary N) is 1. The molecule has 0 saturated heterocycles. The van der Waals surface area contributed by atoms with Crippen LogP contribution in [-0.4, -0.2) is 19.6 Å². The van der Waals surface area contributed by atoms with E-state index in [-0.39, 0.29) is 11.3 Å². The van der Waals surface area contributed by atoms with E-state index in [4.69, 9.17) is 10.5 Å². The Labute approximate surface area is 101 Å². The number of rotatable bonds is 4. The normalized spacial score (nSPS) is 16.4. The average molecular weight is 234 g/mol. The molecule has 92 valence electrons. The van der Waals surface area contributed by atoms with Gasteiger partial charge < -0.3 is 15.8 Å².